The topological polar surface area (TPSA) is 179 Å². The van der Waals surface area contributed by atoms with E-state index in [1.165, 1.54) is 42.8 Å². The van der Waals surface area contributed by atoms with Gasteiger partial charge in [-0.15, -0.1) is 5.10 Å². The molecule has 1 aliphatic heterocycles. The number of hydrogen-bond acceptors (Lipinski definition) is 13. The van der Waals surface area contributed by atoms with Crippen LogP contribution < -0.4 is 0 Å². The van der Waals surface area contributed by atoms with Crippen LogP contribution in [0.1, 0.15) is 151 Å². The Bertz CT molecular complexity index is 2320. The van der Waals surface area contributed by atoms with Crippen molar-refractivity contribution in [2.24, 2.45) is 56.2 Å². The predicted octanol–water partition coefficient (Wildman–Crippen LogP) is 8.44. The molecule has 1 saturated heterocycles. The van der Waals surface area contributed by atoms with Crippen molar-refractivity contribution >= 4 is 35.4 Å². The Labute approximate surface area is 395 Å². The van der Waals surface area contributed by atoms with Gasteiger partial charge in [0.05, 0.1) is 11.6 Å². The minimum atomic E-state index is -1.14. The normalized spacial score (nSPS) is 38.5. The highest BCUT2D eigenvalue weighted by atomic mass is 16.7. The number of carbonyl (C=O) groups excluding carboxylic acids is 6. The molecule has 1 aromatic carbocycles. The zero-order chi connectivity index (χ0) is 48.5. The molecule has 13 atom stereocenters. The van der Waals surface area contributed by atoms with Crippen molar-refractivity contribution in [3.8, 4) is 0 Å². The molecule has 2 unspecified atom stereocenters. The van der Waals surface area contributed by atoms with Crippen LogP contribution in [0.3, 0.4) is 0 Å². The average molecular weight is 926 g/mol. The van der Waals surface area contributed by atoms with E-state index < -0.39 is 47.9 Å². The van der Waals surface area contributed by atoms with Gasteiger partial charge >= 0.3 is 23.9 Å². The predicted molar refractivity (Wildman–Crippen MR) is 244 cm³/mol. The van der Waals surface area contributed by atoms with Crippen molar-refractivity contribution in [1.29, 1.82) is 0 Å². The number of hydrogen-bond donors (Lipinski definition) is 0. The molecule has 0 radical (unpaired) electrons. The summed E-state index contributed by atoms with van der Waals surface area (Å²) in [4.78, 5) is 79.2. The van der Waals surface area contributed by atoms with Crippen molar-refractivity contribution in [2.45, 2.75) is 171 Å². The Hall–Kier alpha value is -4.72. The zero-order valence-electron chi connectivity index (χ0n) is 41.2. The van der Waals surface area contributed by atoms with Crippen molar-refractivity contribution in [3.05, 3.63) is 59.4 Å². The summed E-state index contributed by atoms with van der Waals surface area (Å²) >= 11 is 0. The van der Waals surface area contributed by atoms with Crippen molar-refractivity contribution < 1.29 is 52.5 Å². The van der Waals surface area contributed by atoms with Gasteiger partial charge in [-0.2, -0.15) is 0 Å². The smallest absolute Gasteiger partial charge is 0.312 e. The molecular formula is C53H71N3O11. The van der Waals surface area contributed by atoms with Crippen LogP contribution in [0.15, 0.2) is 48.2 Å². The highest BCUT2D eigenvalue weighted by Crippen LogP contribution is 2.75. The number of ether oxygens (including phenoxy) is 5. The van der Waals surface area contributed by atoms with Gasteiger partial charge < -0.3 is 23.7 Å². The summed E-state index contributed by atoms with van der Waals surface area (Å²) in [6, 6.07) is 10.3. The van der Waals surface area contributed by atoms with Gasteiger partial charge in [-0.1, -0.05) is 82.7 Å². The number of esters is 4. The van der Waals surface area contributed by atoms with Gasteiger partial charge in [-0.05, 0) is 122 Å². The third kappa shape index (κ3) is 8.49. The molecule has 14 nitrogen and oxygen atoms in total. The summed E-state index contributed by atoms with van der Waals surface area (Å²) in [6.45, 7) is 19.3. The Morgan fingerprint density at radius 1 is 0.806 bits per heavy atom. The molecule has 364 valence electrons. The van der Waals surface area contributed by atoms with E-state index in [1.807, 2.05) is 31.2 Å². The molecule has 5 aliphatic carbocycles. The number of rotatable bonds is 12. The number of carbonyl (C=O) groups is 6. The highest BCUT2D eigenvalue weighted by Gasteiger charge is 2.70. The lowest BCUT2D eigenvalue weighted by Crippen LogP contribution is -2.66. The molecule has 0 N–H and O–H groups in total. The van der Waals surface area contributed by atoms with E-state index in [0.29, 0.717) is 30.7 Å². The minimum absolute atomic E-state index is 0.0166. The molecule has 8 rings (SSSR count). The molecule has 4 saturated carbocycles. The Morgan fingerprint density at radius 3 is 2.18 bits per heavy atom. The van der Waals surface area contributed by atoms with Crippen LogP contribution in [0.25, 0.3) is 0 Å². The molecule has 2 heterocycles. The second-order valence-corrected chi connectivity index (χ2v) is 22.9. The summed E-state index contributed by atoms with van der Waals surface area (Å²) < 4.78 is 29.6. The maximum atomic E-state index is 15.1. The van der Waals surface area contributed by atoms with Crippen LogP contribution in [-0.2, 0) is 65.5 Å². The summed E-state index contributed by atoms with van der Waals surface area (Å²) in [5.74, 6) is -1.57. The maximum Gasteiger partial charge on any atom is 0.312 e. The first-order chi connectivity index (χ1) is 31.5. The lowest BCUT2D eigenvalue weighted by atomic mass is 9.33. The van der Waals surface area contributed by atoms with E-state index in [2.05, 4.69) is 64.0 Å². The van der Waals surface area contributed by atoms with Crippen LogP contribution >= 0.6 is 0 Å². The van der Waals surface area contributed by atoms with Crippen LogP contribution in [-0.4, -0.2) is 75.4 Å². The van der Waals surface area contributed by atoms with Crippen LogP contribution in [0.2, 0.25) is 0 Å². The van der Waals surface area contributed by atoms with E-state index in [9.17, 15) is 24.0 Å². The summed E-state index contributed by atoms with van der Waals surface area (Å²) in [6.07, 6.45) is 8.12. The molecule has 14 heteroatoms. The molecular weight excluding hydrogens is 855 g/mol. The van der Waals surface area contributed by atoms with Gasteiger partial charge in [-0.25, -0.2) is 4.68 Å². The second-order valence-electron chi connectivity index (χ2n) is 22.9. The SMILES string of the molecule is CC(=O)OC[C@@H]1OC(n2cc(COC(=O)[C@@]3(C)CC[C@]4(C)CC[C@]5(C)C(=CC(=O)[C@@H]6[C@@]7(C)CC[C@H](C(=O)CCc8ccccc8)C(C)(C)C7CC[C@]65C)[C@H]4C3)nn2)[C@@H](OC(C)=O)[C@H]1OC(C)=O. The van der Waals surface area contributed by atoms with Crippen molar-refractivity contribution in [1.82, 2.24) is 15.0 Å². The lowest BCUT2D eigenvalue weighted by Gasteiger charge is -2.70. The van der Waals surface area contributed by atoms with Gasteiger partial charge in [-0.3, -0.25) is 28.8 Å². The Balaban J connectivity index is 0.978. The minimum Gasteiger partial charge on any atom is -0.463 e. The van der Waals surface area contributed by atoms with E-state index in [4.69, 9.17) is 23.7 Å². The largest absolute Gasteiger partial charge is 0.463 e. The molecule has 1 aromatic heterocycles. The van der Waals surface area contributed by atoms with Crippen LogP contribution in [0.4, 0.5) is 0 Å². The van der Waals surface area contributed by atoms with Crippen LogP contribution in [0.5, 0.6) is 0 Å². The number of fused-ring (bicyclic) bond motifs is 7. The quantitative estimate of drug-likeness (QED) is 0.146. The third-order valence-corrected chi connectivity index (χ3v) is 18.5. The fraction of sp³-hybridized carbons (Fsp3) is 0.698. The van der Waals surface area contributed by atoms with Gasteiger partial charge in [0.15, 0.2) is 24.2 Å². The number of nitrogens with zero attached hydrogens (tertiary/aromatic N) is 3. The molecule has 0 spiro atoms. The maximum absolute atomic E-state index is 15.1. The summed E-state index contributed by atoms with van der Waals surface area (Å²) in [7, 11) is 0. The standard InChI is InChI=1S/C53H71N3O11/c1-31(57)63-30-41-43(65-32(2)58)44(66-33(3)59)46(67-41)56-28-35(54-55-56)29-64-47(62)50(7)23-22-49(6)24-25-52(9)37(38(49)27-50)26-40(61)45-51(8)20-18-36(39(60)17-16-34-14-12-11-13-15-34)48(4,5)42(51)19-21-53(45,52)10/h11-15,26,28,36,38,41-46H,16-25,27,29-30H2,1-10H3/t36-,38-,41+,42?,43+,44+,45-,46?,49-,50+,51+,52-,53-/m1/s1. The van der Waals surface area contributed by atoms with Crippen LogP contribution in [0, 0.1) is 56.2 Å². The van der Waals surface area contributed by atoms with E-state index in [0.717, 1.165) is 51.4 Å². The molecule has 0 amide bonds. The highest BCUT2D eigenvalue weighted by molar-refractivity contribution is 5.96. The van der Waals surface area contributed by atoms with Gasteiger partial charge in [0, 0.05) is 39.0 Å². The van der Waals surface area contributed by atoms with E-state index in [-0.39, 0.29) is 75.7 Å². The number of benzene rings is 1. The second kappa shape index (κ2) is 17.7. The Morgan fingerprint density at radius 2 is 1.49 bits per heavy atom. The first kappa shape index (κ1) is 48.7. The summed E-state index contributed by atoms with van der Waals surface area (Å²) in [5, 5.41) is 8.42. The molecule has 6 aliphatic rings. The van der Waals surface area contributed by atoms with Gasteiger partial charge in [0.1, 0.15) is 30.8 Å². The lowest BCUT2D eigenvalue weighted by molar-refractivity contribution is -0.194. The van der Waals surface area contributed by atoms with Gasteiger partial charge in [0.25, 0.3) is 0 Å². The number of aryl methyl sites for hydroxylation is 1. The fourth-order valence-electron chi connectivity index (χ4n) is 14.8. The fourth-order valence-corrected chi connectivity index (χ4v) is 14.8. The molecule has 2 aromatic rings. The average Bonchev–Trinajstić information content (AvgIpc) is 3.86. The Kier molecular flexibility index (Phi) is 12.8. The monoisotopic (exact) mass is 926 g/mol. The third-order valence-electron chi connectivity index (χ3n) is 18.5. The molecule has 5 fully saturated rings. The molecule has 0 bridgehead atoms. The summed E-state index contributed by atoms with van der Waals surface area (Å²) in [5.41, 5.74) is 0.805. The number of ketones is 2. The number of allylic oxidation sites excluding steroid dienone is 2. The van der Waals surface area contributed by atoms with E-state index >= 15 is 4.79 Å². The van der Waals surface area contributed by atoms with Crippen molar-refractivity contribution in [2.75, 3.05) is 6.61 Å². The molecule has 67 heavy (non-hydrogen) atoms. The first-order valence-electron chi connectivity index (χ1n) is 24.5. The van der Waals surface area contributed by atoms with E-state index in [1.54, 1.807) is 0 Å². The van der Waals surface area contributed by atoms with Gasteiger partial charge in [0.2, 0.25) is 0 Å². The van der Waals surface area contributed by atoms with Crippen molar-refractivity contribution in [3.63, 3.8) is 0 Å². The number of Topliss-reactive ketones (excluding diaryl/α,β-unsaturated/α-hetero) is 1. The first-order valence-corrected chi connectivity index (χ1v) is 24.5. The zero-order valence-corrected chi connectivity index (χ0v) is 41.2. The number of aromatic nitrogens is 3.